The number of hydrogen-bond acceptors (Lipinski definition) is 1. The molecule has 0 saturated carbocycles. The lowest BCUT2D eigenvalue weighted by molar-refractivity contribution is 0.583. The molecule has 0 fully saturated rings. The predicted octanol–water partition coefficient (Wildman–Crippen LogP) is 4.94. The number of nitrogens with one attached hydrogen (secondary N) is 1. The Bertz CT molecular complexity index is 593. The lowest BCUT2D eigenvalue weighted by atomic mass is 9.97. The van der Waals surface area contributed by atoms with Crippen molar-refractivity contribution >= 4 is 23.2 Å². The van der Waals surface area contributed by atoms with E-state index in [9.17, 15) is 4.39 Å². The first-order valence-electron chi connectivity index (χ1n) is 6.39. The minimum Gasteiger partial charge on any atom is -0.313 e. The summed E-state index contributed by atoms with van der Waals surface area (Å²) in [5.41, 5.74) is 2.55. The van der Waals surface area contributed by atoms with E-state index in [4.69, 9.17) is 23.2 Å². The molecule has 1 unspecified atom stereocenters. The molecule has 0 amide bonds. The van der Waals surface area contributed by atoms with E-state index in [1.807, 2.05) is 31.3 Å². The van der Waals surface area contributed by atoms with Crippen molar-refractivity contribution in [3.8, 4) is 0 Å². The monoisotopic (exact) mass is 311 g/mol. The molecule has 0 radical (unpaired) electrons. The van der Waals surface area contributed by atoms with Crippen molar-refractivity contribution in [2.75, 3.05) is 7.05 Å². The van der Waals surface area contributed by atoms with Crippen LogP contribution in [0.1, 0.15) is 22.7 Å². The molecule has 1 nitrogen and oxygen atoms in total. The van der Waals surface area contributed by atoms with Crippen LogP contribution >= 0.6 is 23.2 Å². The Hall–Kier alpha value is -1.09. The van der Waals surface area contributed by atoms with E-state index in [1.165, 1.54) is 6.07 Å². The Kier molecular flexibility index (Phi) is 5.03. The minimum atomic E-state index is -0.195. The third kappa shape index (κ3) is 3.32. The van der Waals surface area contributed by atoms with Gasteiger partial charge in [-0.25, -0.2) is 4.39 Å². The first-order chi connectivity index (χ1) is 9.52. The molecule has 106 valence electrons. The van der Waals surface area contributed by atoms with Crippen LogP contribution in [0.4, 0.5) is 4.39 Å². The second-order valence-corrected chi connectivity index (χ2v) is 5.57. The Balaban J connectivity index is 2.31. The van der Waals surface area contributed by atoms with Crippen molar-refractivity contribution in [1.82, 2.24) is 5.32 Å². The summed E-state index contributed by atoms with van der Waals surface area (Å²) >= 11 is 12.4. The van der Waals surface area contributed by atoms with Crippen LogP contribution in [0, 0.1) is 12.7 Å². The van der Waals surface area contributed by atoms with Gasteiger partial charge in [0.1, 0.15) is 5.82 Å². The van der Waals surface area contributed by atoms with Gasteiger partial charge in [0.2, 0.25) is 0 Å². The maximum Gasteiger partial charge on any atom is 0.126 e. The fraction of sp³-hybridized carbons (Fsp3) is 0.250. The molecule has 0 spiro atoms. The fourth-order valence-corrected chi connectivity index (χ4v) is 2.75. The Morgan fingerprint density at radius 2 is 1.80 bits per heavy atom. The summed E-state index contributed by atoms with van der Waals surface area (Å²) in [6, 6.07) is 10.6. The maximum absolute atomic E-state index is 13.4. The van der Waals surface area contributed by atoms with Crippen LogP contribution < -0.4 is 5.32 Å². The molecule has 1 atom stereocenters. The number of hydrogen-bond donors (Lipinski definition) is 1. The molecule has 0 bridgehead atoms. The van der Waals surface area contributed by atoms with Gasteiger partial charge >= 0.3 is 0 Å². The van der Waals surface area contributed by atoms with Gasteiger partial charge in [-0.2, -0.15) is 0 Å². The standard InChI is InChI=1S/C16H16Cl2FN/c1-10-8-11(6-7-15(10)19)16(20-2)9-12-13(17)4-3-5-14(12)18/h3-8,16,20H,9H2,1-2H3. The largest absolute Gasteiger partial charge is 0.313 e. The van der Waals surface area contributed by atoms with Gasteiger partial charge in [-0.15, -0.1) is 0 Å². The first-order valence-corrected chi connectivity index (χ1v) is 7.14. The Morgan fingerprint density at radius 3 is 2.35 bits per heavy atom. The summed E-state index contributed by atoms with van der Waals surface area (Å²) in [7, 11) is 1.87. The third-order valence-corrected chi connectivity index (χ3v) is 4.11. The molecule has 4 heteroatoms. The Labute approximate surface area is 128 Å². The average molecular weight is 312 g/mol. The molecule has 2 aromatic rings. The summed E-state index contributed by atoms with van der Waals surface area (Å²) in [6.07, 6.45) is 0.653. The zero-order valence-corrected chi connectivity index (χ0v) is 12.9. The molecule has 0 saturated heterocycles. The van der Waals surface area contributed by atoms with Gasteiger partial charge in [-0.1, -0.05) is 41.4 Å². The van der Waals surface area contributed by atoms with Crippen molar-refractivity contribution in [2.45, 2.75) is 19.4 Å². The van der Waals surface area contributed by atoms with E-state index in [2.05, 4.69) is 5.32 Å². The molecule has 0 aliphatic heterocycles. The summed E-state index contributed by atoms with van der Waals surface area (Å²) in [6.45, 7) is 1.76. The molecule has 0 aliphatic rings. The Morgan fingerprint density at radius 1 is 1.15 bits per heavy atom. The highest BCUT2D eigenvalue weighted by Gasteiger charge is 2.15. The van der Waals surface area contributed by atoms with Gasteiger partial charge in [0.15, 0.2) is 0 Å². The van der Waals surface area contributed by atoms with Gasteiger partial charge in [-0.3, -0.25) is 0 Å². The smallest absolute Gasteiger partial charge is 0.126 e. The third-order valence-electron chi connectivity index (χ3n) is 3.40. The first kappa shape index (κ1) is 15.3. The number of halogens is 3. The lowest BCUT2D eigenvalue weighted by Crippen LogP contribution is -2.19. The minimum absolute atomic E-state index is 0.0340. The van der Waals surface area contributed by atoms with Crippen molar-refractivity contribution in [1.29, 1.82) is 0 Å². The zero-order chi connectivity index (χ0) is 14.7. The van der Waals surface area contributed by atoms with E-state index in [-0.39, 0.29) is 11.9 Å². The molecule has 2 rings (SSSR count). The maximum atomic E-state index is 13.4. The molecule has 0 aliphatic carbocycles. The van der Waals surface area contributed by atoms with E-state index in [1.54, 1.807) is 13.0 Å². The van der Waals surface area contributed by atoms with Crippen molar-refractivity contribution in [3.05, 3.63) is 69.0 Å². The summed E-state index contributed by atoms with van der Waals surface area (Å²) < 4.78 is 13.4. The van der Waals surface area contributed by atoms with Crippen LogP contribution in [0.5, 0.6) is 0 Å². The van der Waals surface area contributed by atoms with Gasteiger partial charge in [0.05, 0.1) is 0 Å². The van der Waals surface area contributed by atoms with Crippen molar-refractivity contribution < 1.29 is 4.39 Å². The summed E-state index contributed by atoms with van der Waals surface area (Å²) in [5.74, 6) is -0.195. The van der Waals surface area contributed by atoms with Crippen LogP contribution in [0.25, 0.3) is 0 Å². The molecule has 0 aromatic heterocycles. The molecule has 0 heterocycles. The number of rotatable bonds is 4. The van der Waals surface area contributed by atoms with E-state index >= 15 is 0 Å². The number of aryl methyl sites for hydroxylation is 1. The van der Waals surface area contributed by atoms with Crippen LogP contribution in [-0.2, 0) is 6.42 Å². The molecular formula is C16H16Cl2FN. The van der Waals surface area contributed by atoms with E-state index in [0.29, 0.717) is 22.0 Å². The highest BCUT2D eigenvalue weighted by molar-refractivity contribution is 6.36. The van der Waals surface area contributed by atoms with Gasteiger partial charge in [0.25, 0.3) is 0 Å². The quantitative estimate of drug-likeness (QED) is 0.843. The van der Waals surface area contributed by atoms with Crippen molar-refractivity contribution in [2.24, 2.45) is 0 Å². The highest BCUT2D eigenvalue weighted by Crippen LogP contribution is 2.29. The summed E-state index contributed by atoms with van der Waals surface area (Å²) in [5, 5.41) is 4.53. The molecular weight excluding hydrogens is 296 g/mol. The van der Waals surface area contributed by atoms with E-state index < -0.39 is 0 Å². The van der Waals surface area contributed by atoms with Crippen LogP contribution in [0.15, 0.2) is 36.4 Å². The number of benzene rings is 2. The second kappa shape index (κ2) is 6.57. The van der Waals surface area contributed by atoms with Crippen molar-refractivity contribution in [3.63, 3.8) is 0 Å². The van der Waals surface area contributed by atoms with E-state index in [0.717, 1.165) is 11.1 Å². The van der Waals surface area contributed by atoms with Crippen LogP contribution in [0.3, 0.4) is 0 Å². The second-order valence-electron chi connectivity index (χ2n) is 4.75. The van der Waals surface area contributed by atoms with Gasteiger partial charge in [-0.05, 0) is 55.3 Å². The van der Waals surface area contributed by atoms with Gasteiger partial charge < -0.3 is 5.32 Å². The summed E-state index contributed by atoms with van der Waals surface area (Å²) in [4.78, 5) is 0. The lowest BCUT2D eigenvalue weighted by Gasteiger charge is -2.19. The fourth-order valence-electron chi connectivity index (χ4n) is 2.20. The van der Waals surface area contributed by atoms with Gasteiger partial charge in [0, 0.05) is 16.1 Å². The highest BCUT2D eigenvalue weighted by atomic mass is 35.5. The molecule has 1 N–H and O–H groups in total. The number of likely N-dealkylation sites (N-methyl/N-ethyl adjacent to an activating group) is 1. The SMILES string of the molecule is CNC(Cc1c(Cl)cccc1Cl)c1ccc(F)c(C)c1. The average Bonchev–Trinajstić information content (AvgIpc) is 2.42. The predicted molar refractivity (Wildman–Crippen MR) is 83.1 cm³/mol. The molecule has 2 aromatic carbocycles. The molecule has 20 heavy (non-hydrogen) atoms. The van der Waals surface area contributed by atoms with Crippen LogP contribution in [0.2, 0.25) is 10.0 Å². The zero-order valence-electron chi connectivity index (χ0n) is 11.4. The normalized spacial score (nSPS) is 12.4. The topological polar surface area (TPSA) is 12.0 Å². The van der Waals surface area contributed by atoms with Crippen LogP contribution in [-0.4, -0.2) is 7.05 Å².